The van der Waals surface area contributed by atoms with Gasteiger partial charge in [0.15, 0.2) is 5.41 Å². The second-order valence-corrected chi connectivity index (χ2v) is 4.54. The molecule has 0 aromatic rings. The van der Waals surface area contributed by atoms with Crippen LogP contribution in [-0.2, 0) is 9.53 Å². The van der Waals surface area contributed by atoms with E-state index in [1.807, 2.05) is 0 Å². The Balaban J connectivity index is 2.08. The van der Waals surface area contributed by atoms with Crippen molar-refractivity contribution in [3.05, 3.63) is 0 Å². The van der Waals surface area contributed by atoms with Gasteiger partial charge in [-0.2, -0.15) is 13.2 Å². The minimum Gasteiger partial charge on any atom is -0.379 e. The van der Waals surface area contributed by atoms with Gasteiger partial charge in [-0.05, 0) is 19.4 Å². The highest BCUT2D eigenvalue weighted by Gasteiger charge is 2.61. The van der Waals surface area contributed by atoms with E-state index in [9.17, 15) is 18.0 Å². The van der Waals surface area contributed by atoms with Gasteiger partial charge in [0.05, 0.1) is 12.6 Å². The van der Waals surface area contributed by atoms with Crippen molar-refractivity contribution in [1.82, 2.24) is 10.6 Å². The van der Waals surface area contributed by atoms with Gasteiger partial charge in [-0.3, -0.25) is 4.79 Å². The number of carbonyl (C=O) groups is 1. The first kappa shape index (κ1) is 12.6. The molecule has 0 bridgehead atoms. The van der Waals surface area contributed by atoms with Gasteiger partial charge in [0.25, 0.3) is 0 Å². The molecule has 2 unspecified atom stereocenters. The van der Waals surface area contributed by atoms with E-state index in [1.165, 1.54) is 0 Å². The van der Waals surface area contributed by atoms with Crippen molar-refractivity contribution in [3.63, 3.8) is 0 Å². The maximum atomic E-state index is 13.0. The summed E-state index contributed by atoms with van der Waals surface area (Å²) in [6.07, 6.45) is -4.14. The summed E-state index contributed by atoms with van der Waals surface area (Å²) in [5.41, 5.74) is -2.27. The molecule has 0 aromatic heterocycles. The predicted molar refractivity (Wildman–Crippen MR) is 53.3 cm³/mol. The number of hydrogen-bond donors (Lipinski definition) is 2. The van der Waals surface area contributed by atoms with Crippen molar-refractivity contribution >= 4 is 5.91 Å². The molecule has 0 saturated carbocycles. The number of amides is 1. The van der Waals surface area contributed by atoms with Crippen LogP contribution in [0, 0.1) is 5.41 Å². The van der Waals surface area contributed by atoms with Gasteiger partial charge in [-0.15, -0.1) is 0 Å². The first-order valence-corrected chi connectivity index (χ1v) is 5.62. The number of nitrogens with one attached hydrogen (secondary N) is 2. The molecule has 0 radical (unpaired) electrons. The fraction of sp³-hybridized carbons (Fsp3) is 0.900. The lowest BCUT2D eigenvalue weighted by atomic mass is 9.85. The standard InChI is InChI=1S/C10H15F3N2O2/c11-10(12,13)9(2-3-14-6-9)8(16)15-7-1-4-17-5-7/h7,14H,1-6H2,(H,15,16). The Morgan fingerprint density at radius 1 is 1.47 bits per heavy atom. The van der Waals surface area contributed by atoms with E-state index in [4.69, 9.17) is 4.74 Å². The fourth-order valence-electron chi connectivity index (χ4n) is 2.23. The lowest BCUT2D eigenvalue weighted by Crippen LogP contribution is -2.54. The lowest BCUT2D eigenvalue weighted by molar-refractivity contribution is -0.216. The molecule has 7 heteroatoms. The lowest BCUT2D eigenvalue weighted by Gasteiger charge is -2.30. The van der Waals surface area contributed by atoms with Gasteiger partial charge in [0.2, 0.25) is 5.91 Å². The maximum Gasteiger partial charge on any atom is 0.404 e. The first-order chi connectivity index (χ1) is 7.96. The van der Waals surface area contributed by atoms with Crippen molar-refractivity contribution in [1.29, 1.82) is 0 Å². The smallest absolute Gasteiger partial charge is 0.379 e. The maximum absolute atomic E-state index is 13.0. The fourth-order valence-corrected chi connectivity index (χ4v) is 2.23. The highest BCUT2D eigenvalue weighted by atomic mass is 19.4. The molecule has 0 aliphatic carbocycles. The average molecular weight is 252 g/mol. The molecular formula is C10H15F3N2O2. The van der Waals surface area contributed by atoms with Crippen molar-refractivity contribution in [2.45, 2.75) is 25.1 Å². The summed E-state index contributed by atoms with van der Waals surface area (Å²) in [6.45, 7) is 0.666. The Kier molecular flexibility index (Phi) is 3.31. The van der Waals surface area contributed by atoms with Crippen LogP contribution in [0.3, 0.4) is 0 Å². The van der Waals surface area contributed by atoms with Gasteiger partial charge >= 0.3 is 6.18 Å². The first-order valence-electron chi connectivity index (χ1n) is 5.62. The summed E-state index contributed by atoms with van der Waals surface area (Å²) in [4.78, 5) is 11.8. The summed E-state index contributed by atoms with van der Waals surface area (Å²) in [5, 5.41) is 5.06. The Morgan fingerprint density at radius 3 is 2.71 bits per heavy atom. The van der Waals surface area contributed by atoms with Crippen molar-refractivity contribution in [2.75, 3.05) is 26.3 Å². The molecule has 2 saturated heterocycles. The van der Waals surface area contributed by atoms with Crippen LogP contribution in [0.1, 0.15) is 12.8 Å². The van der Waals surface area contributed by atoms with E-state index < -0.39 is 17.5 Å². The van der Waals surface area contributed by atoms with Gasteiger partial charge in [0.1, 0.15) is 0 Å². The van der Waals surface area contributed by atoms with E-state index in [0.717, 1.165) is 0 Å². The molecule has 2 atom stereocenters. The molecule has 1 amide bonds. The summed E-state index contributed by atoms with van der Waals surface area (Å²) in [7, 11) is 0. The zero-order valence-corrected chi connectivity index (χ0v) is 9.27. The third-order valence-electron chi connectivity index (χ3n) is 3.40. The normalized spacial score (nSPS) is 33.9. The molecule has 2 N–H and O–H groups in total. The zero-order chi connectivity index (χ0) is 12.5. The van der Waals surface area contributed by atoms with Crippen LogP contribution in [0.4, 0.5) is 13.2 Å². The van der Waals surface area contributed by atoms with Crippen LogP contribution in [0.15, 0.2) is 0 Å². The second kappa shape index (κ2) is 4.45. The summed E-state index contributed by atoms with van der Waals surface area (Å²) >= 11 is 0. The molecule has 2 aliphatic heterocycles. The van der Waals surface area contributed by atoms with Crippen LogP contribution in [0.2, 0.25) is 0 Å². The molecule has 2 aliphatic rings. The number of hydrogen-bond acceptors (Lipinski definition) is 3. The Labute approximate surface area is 96.9 Å². The van der Waals surface area contributed by atoms with E-state index >= 15 is 0 Å². The highest BCUT2D eigenvalue weighted by Crippen LogP contribution is 2.43. The zero-order valence-electron chi connectivity index (χ0n) is 9.27. The Morgan fingerprint density at radius 2 is 2.24 bits per heavy atom. The largest absolute Gasteiger partial charge is 0.404 e. The van der Waals surface area contributed by atoms with E-state index in [-0.39, 0.29) is 25.6 Å². The van der Waals surface area contributed by atoms with Crippen molar-refractivity contribution in [3.8, 4) is 0 Å². The highest BCUT2D eigenvalue weighted by molar-refractivity contribution is 5.84. The Hall–Kier alpha value is -0.820. The number of alkyl halides is 3. The number of rotatable bonds is 2. The third kappa shape index (κ3) is 2.26. The van der Waals surface area contributed by atoms with Gasteiger partial charge in [-0.1, -0.05) is 0 Å². The molecule has 2 heterocycles. The van der Waals surface area contributed by atoms with E-state index in [1.54, 1.807) is 0 Å². The molecule has 0 aromatic carbocycles. The number of carbonyl (C=O) groups excluding carboxylic acids is 1. The summed E-state index contributed by atoms with van der Waals surface area (Å²) in [5.74, 6) is -0.925. The summed E-state index contributed by atoms with van der Waals surface area (Å²) in [6, 6.07) is -0.290. The molecule has 98 valence electrons. The average Bonchev–Trinajstić information content (AvgIpc) is 2.85. The van der Waals surface area contributed by atoms with Crippen LogP contribution < -0.4 is 10.6 Å². The number of halogens is 3. The van der Waals surface area contributed by atoms with Gasteiger partial charge < -0.3 is 15.4 Å². The van der Waals surface area contributed by atoms with Gasteiger partial charge in [0, 0.05) is 13.2 Å². The molecule has 0 spiro atoms. The predicted octanol–water partition coefficient (Wildman–Crippen LogP) is 0.433. The quantitative estimate of drug-likeness (QED) is 0.749. The second-order valence-electron chi connectivity index (χ2n) is 4.54. The molecule has 2 rings (SSSR count). The van der Waals surface area contributed by atoms with E-state index in [2.05, 4.69) is 10.6 Å². The minimum absolute atomic E-state index is 0.199. The Bertz CT molecular complexity index is 294. The monoisotopic (exact) mass is 252 g/mol. The SMILES string of the molecule is O=C(NC1CCOC1)C1(C(F)(F)F)CCNC1. The molecule has 4 nitrogen and oxygen atoms in total. The molecule has 17 heavy (non-hydrogen) atoms. The van der Waals surface area contributed by atoms with Crippen LogP contribution in [0.25, 0.3) is 0 Å². The minimum atomic E-state index is -4.51. The van der Waals surface area contributed by atoms with Crippen molar-refractivity contribution < 1.29 is 22.7 Å². The van der Waals surface area contributed by atoms with Crippen molar-refractivity contribution in [2.24, 2.45) is 5.41 Å². The van der Waals surface area contributed by atoms with Crippen LogP contribution >= 0.6 is 0 Å². The third-order valence-corrected chi connectivity index (χ3v) is 3.40. The summed E-state index contributed by atoms with van der Waals surface area (Å²) < 4.78 is 44.1. The molecular weight excluding hydrogens is 237 g/mol. The number of ether oxygens (including phenoxy) is 1. The van der Waals surface area contributed by atoms with Gasteiger partial charge in [-0.25, -0.2) is 0 Å². The van der Waals surface area contributed by atoms with Crippen LogP contribution in [0.5, 0.6) is 0 Å². The molecule has 2 fully saturated rings. The van der Waals surface area contributed by atoms with E-state index in [0.29, 0.717) is 19.6 Å². The topological polar surface area (TPSA) is 50.4 Å². The van der Waals surface area contributed by atoms with Crippen LogP contribution in [-0.4, -0.2) is 44.4 Å².